The first-order chi connectivity index (χ1) is 13.6. The summed E-state index contributed by atoms with van der Waals surface area (Å²) in [5, 5.41) is 0.754. The van der Waals surface area contributed by atoms with Crippen LogP contribution in [0.3, 0.4) is 0 Å². The third-order valence-corrected chi connectivity index (χ3v) is 7.21. The molecule has 0 unspecified atom stereocenters. The number of carbonyl (C=O) groups is 1. The molecule has 0 radical (unpaired) electrons. The topological polar surface area (TPSA) is 36.4 Å². The number of anilines is 1. The summed E-state index contributed by atoms with van der Waals surface area (Å²) in [7, 11) is 0. The highest BCUT2D eigenvalue weighted by molar-refractivity contribution is 9.10. The van der Waals surface area contributed by atoms with Gasteiger partial charge in [-0.25, -0.2) is 4.98 Å². The van der Waals surface area contributed by atoms with E-state index in [1.807, 2.05) is 35.2 Å². The number of thioether (sulfide) groups is 1. The Hall–Kier alpha value is -1.41. The standard InChI is InChI=1S/C21H24BrN3OS2/c1-4-24(5-2)13-14-25(20(26)15-9-6-7-10-16(15)22)21-23-19-17(27-3)11-8-12-18(19)28-21/h6-12H,4-5,13-14H2,1-3H3. The Labute approximate surface area is 183 Å². The summed E-state index contributed by atoms with van der Waals surface area (Å²) in [5.41, 5.74) is 1.63. The summed E-state index contributed by atoms with van der Waals surface area (Å²) in [5.74, 6) is -0.0237. The molecule has 0 aliphatic carbocycles. The molecule has 0 saturated carbocycles. The summed E-state index contributed by atoms with van der Waals surface area (Å²) >= 11 is 6.78. The van der Waals surface area contributed by atoms with Crippen molar-refractivity contribution in [2.75, 3.05) is 37.3 Å². The molecule has 0 aliphatic heterocycles. The van der Waals surface area contributed by atoms with Gasteiger partial charge in [-0.1, -0.05) is 43.4 Å². The molecular weight excluding hydrogens is 454 g/mol. The minimum absolute atomic E-state index is 0.0237. The lowest BCUT2D eigenvalue weighted by atomic mass is 10.2. The van der Waals surface area contributed by atoms with Crippen molar-refractivity contribution in [1.29, 1.82) is 0 Å². The van der Waals surface area contributed by atoms with E-state index < -0.39 is 0 Å². The number of hydrogen-bond acceptors (Lipinski definition) is 5. The van der Waals surface area contributed by atoms with Crippen molar-refractivity contribution >= 4 is 60.3 Å². The second kappa shape index (κ2) is 9.87. The van der Waals surface area contributed by atoms with Crippen molar-refractivity contribution < 1.29 is 4.79 Å². The van der Waals surface area contributed by atoms with E-state index in [1.54, 1.807) is 23.1 Å². The molecule has 0 N–H and O–H groups in total. The lowest BCUT2D eigenvalue weighted by Gasteiger charge is -2.25. The third-order valence-electron chi connectivity index (χ3n) is 4.71. The van der Waals surface area contributed by atoms with Crippen LogP contribution in [0.1, 0.15) is 24.2 Å². The molecule has 1 heterocycles. The summed E-state index contributed by atoms with van der Waals surface area (Å²) in [4.78, 5) is 23.6. The summed E-state index contributed by atoms with van der Waals surface area (Å²) in [6.45, 7) is 7.64. The average molecular weight is 478 g/mol. The number of hydrogen-bond donors (Lipinski definition) is 0. The molecule has 4 nitrogen and oxygen atoms in total. The van der Waals surface area contributed by atoms with Gasteiger partial charge in [-0.05, 0) is 59.5 Å². The molecule has 2 aromatic carbocycles. The minimum Gasteiger partial charge on any atom is -0.302 e. The number of para-hydroxylation sites is 1. The highest BCUT2D eigenvalue weighted by Gasteiger charge is 2.23. The Morgan fingerprint density at radius 2 is 1.86 bits per heavy atom. The second-order valence-corrected chi connectivity index (χ2v) is 8.98. The lowest BCUT2D eigenvalue weighted by Crippen LogP contribution is -2.39. The number of thiazole rings is 1. The first kappa shape index (κ1) is 21.3. The Morgan fingerprint density at radius 1 is 1.11 bits per heavy atom. The van der Waals surface area contributed by atoms with E-state index in [9.17, 15) is 4.79 Å². The van der Waals surface area contributed by atoms with E-state index in [0.29, 0.717) is 12.1 Å². The van der Waals surface area contributed by atoms with E-state index in [0.717, 1.165) is 44.4 Å². The van der Waals surface area contributed by atoms with Crippen LogP contribution in [0, 0.1) is 0 Å². The first-order valence-corrected chi connectivity index (χ1v) is 12.1. The first-order valence-electron chi connectivity index (χ1n) is 9.31. The molecule has 7 heteroatoms. The molecule has 0 spiro atoms. The molecule has 0 aliphatic rings. The van der Waals surface area contributed by atoms with Crippen molar-refractivity contribution in [2.24, 2.45) is 0 Å². The largest absolute Gasteiger partial charge is 0.302 e. The van der Waals surface area contributed by atoms with E-state index >= 15 is 0 Å². The second-order valence-electron chi connectivity index (χ2n) is 6.27. The number of benzene rings is 2. The van der Waals surface area contributed by atoms with Crippen LogP contribution < -0.4 is 4.90 Å². The molecular formula is C21H24BrN3OS2. The summed E-state index contributed by atoms with van der Waals surface area (Å²) in [6.07, 6.45) is 2.05. The van der Waals surface area contributed by atoms with Crippen LogP contribution in [0.25, 0.3) is 10.2 Å². The average Bonchev–Trinajstić information content (AvgIpc) is 3.15. The lowest BCUT2D eigenvalue weighted by molar-refractivity contribution is 0.0983. The quantitative estimate of drug-likeness (QED) is 0.385. The fraction of sp³-hybridized carbons (Fsp3) is 0.333. The van der Waals surface area contributed by atoms with Gasteiger partial charge in [0.15, 0.2) is 5.13 Å². The predicted octanol–water partition coefficient (Wildman–Crippen LogP) is 5.77. The SMILES string of the molecule is CCN(CC)CCN(C(=O)c1ccccc1Br)c1nc2c(SC)cccc2s1. The number of fused-ring (bicyclic) bond motifs is 1. The highest BCUT2D eigenvalue weighted by atomic mass is 79.9. The van der Waals surface area contributed by atoms with Crippen molar-refractivity contribution in [3.8, 4) is 0 Å². The zero-order valence-electron chi connectivity index (χ0n) is 16.3. The summed E-state index contributed by atoms with van der Waals surface area (Å²) in [6, 6.07) is 13.8. The van der Waals surface area contributed by atoms with Gasteiger partial charge in [0, 0.05) is 22.5 Å². The molecule has 148 valence electrons. The van der Waals surface area contributed by atoms with Gasteiger partial charge < -0.3 is 4.90 Å². The summed E-state index contributed by atoms with van der Waals surface area (Å²) < 4.78 is 1.91. The number of halogens is 1. The van der Waals surface area contributed by atoms with Gasteiger partial charge in [0.2, 0.25) is 0 Å². The molecule has 0 atom stereocenters. The fourth-order valence-electron chi connectivity index (χ4n) is 3.04. The van der Waals surface area contributed by atoms with Crippen molar-refractivity contribution in [3.63, 3.8) is 0 Å². The molecule has 3 aromatic rings. The van der Waals surface area contributed by atoms with E-state index in [1.165, 1.54) is 0 Å². The van der Waals surface area contributed by atoms with Gasteiger partial charge in [0.25, 0.3) is 5.91 Å². The minimum atomic E-state index is -0.0237. The molecule has 0 bridgehead atoms. The number of aromatic nitrogens is 1. The zero-order chi connectivity index (χ0) is 20.1. The van der Waals surface area contributed by atoms with Gasteiger partial charge >= 0.3 is 0 Å². The molecule has 0 saturated heterocycles. The van der Waals surface area contributed by atoms with Crippen molar-refractivity contribution in [1.82, 2.24) is 9.88 Å². The van der Waals surface area contributed by atoms with Crippen LogP contribution in [0.5, 0.6) is 0 Å². The fourth-order valence-corrected chi connectivity index (χ4v) is 5.14. The monoisotopic (exact) mass is 477 g/mol. The number of amides is 1. The smallest absolute Gasteiger partial charge is 0.261 e. The van der Waals surface area contributed by atoms with Crippen LogP contribution >= 0.6 is 39.0 Å². The van der Waals surface area contributed by atoms with Crippen LogP contribution in [0.2, 0.25) is 0 Å². The number of carbonyl (C=O) groups excluding carboxylic acids is 1. The molecule has 3 rings (SSSR count). The normalized spacial score (nSPS) is 11.3. The van der Waals surface area contributed by atoms with Gasteiger partial charge in [-0.3, -0.25) is 9.69 Å². The predicted molar refractivity (Wildman–Crippen MR) is 125 cm³/mol. The Bertz CT molecular complexity index is 956. The number of rotatable bonds is 8. The van der Waals surface area contributed by atoms with Gasteiger partial charge in [-0.2, -0.15) is 0 Å². The molecule has 1 amide bonds. The van der Waals surface area contributed by atoms with E-state index in [-0.39, 0.29) is 5.91 Å². The van der Waals surface area contributed by atoms with E-state index in [2.05, 4.69) is 53.1 Å². The van der Waals surface area contributed by atoms with Gasteiger partial charge in [0.05, 0.1) is 15.8 Å². The van der Waals surface area contributed by atoms with Gasteiger partial charge in [-0.15, -0.1) is 11.8 Å². The van der Waals surface area contributed by atoms with Crippen molar-refractivity contribution in [3.05, 3.63) is 52.5 Å². The highest BCUT2D eigenvalue weighted by Crippen LogP contribution is 2.35. The van der Waals surface area contributed by atoms with Gasteiger partial charge in [0.1, 0.15) is 0 Å². The van der Waals surface area contributed by atoms with Crippen LogP contribution in [0.4, 0.5) is 5.13 Å². The Morgan fingerprint density at radius 3 is 2.54 bits per heavy atom. The maximum absolute atomic E-state index is 13.4. The number of nitrogens with zero attached hydrogens (tertiary/aromatic N) is 3. The van der Waals surface area contributed by atoms with Crippen molar-refractivity contribution in [2.45, 2.75) is 18.7 Å². The maximum atomic E-state index is 13.4. The molecule has 1 aromatic heterocycles. The van der Waals surface area contributed by atoms with Crippen LogP contribution in [-0.2, 0) is 0 Å². The Balaban J connectivity index is 2.00. The zero-order valence-corrected chi connectivity index (χ0v) is 19.5. The van der Waals surface area contributed by atoms with E-state index in [4.69, 9.17) is 4.98 Å². The third kappa shape index (κ3) is 4.59. The van der Waals surface area contributed by atoms with Crippen LogP contribution in [0.15, 0.2) is 51.8 Å². The number of likely N-dealkylation sites (N-methyl/N-ethyl adjacent to an activating group) is 1. The Kier molecular flexibility index (Phi) is 7.51. The maximum Gasteiger partial charge on any atom is 0.261 e. The molecule has 0 fully saturated rings. The molecule has 28 heavy (non-hydrogen) atoms. The van der Waals surface area contributed by atoms with Crippen LogP contribution in [-0.4, -0.2) is 48.2 Å².